The second kappa shape index (κ2) is 3.95. The van der Waals surface area contributed by atoms with E-state index in [0.717, 1.165) is 6.61 Å². The van der Waals surface area contributed by atoms with Crippen LogP contribution in [0.15, 0.2) is 30.3 Å². The Labute approximate surface area is 91.6 Å². The molecule has 1 aromatic rings. The Balaban J connectivity index is 2.21. The molecule has 2 nitrogen and oxygen atoms in total. The molecule has 1 saturated heterocycles. The molecule has 0 saturated carbocycles. The summed E-state index contributed by atoms with van der Waals surface area (Å²) in [6.07, 6.45) is 0.293. The molecule has 15 heavy (non-hydrogen) atoms. The Morgan fingerprint density at radius 3 is 2.53 bits per heavy atom. The Morgan fingerprint density at radius 1 is 1.27 bits per heavy atom. The summed E-state index contributed by atoms with van der Waals surface area (Å²) in [4.78, 5) is 0. The maximum absolute atomic E-state index is 5.80. The van der Waals surface area contributed by atoms with Gasteiger partial charge in [-0.05, 0) is 26.3 Å². The SMILES string of the molecule is CC1NC(C)(c2ccccc2)COC1C. The zero-order valence-electron chi connectivity index (χ0n) is 9.66. The molecule has 2 heteroatoms. The second-order valence-electron chi connectivity index (χ2n) is 4.65. The first-order valence-corrected chi connectivity index (χ1v) is 5.57. The van der Waals surface area contributed by atoms with E-state index in [0.29, 0.717) is 12.1 Å². The van der Waals surface area contributed by atoms with Crippen LogP contribution in [0.3, 0.4) is 0 Å². The van der Waals surface area contributed by atoms with Crippen molar-refractivity contribution in [3.05, 3.63) is 35.9 Å². The third-order valence-electron chi connectivity index (χ3n) is 3.30. The highest BCUT2D eigenvalue weighted by atomic mass is 16.5. The first kappa shape index (κ1) is 10.7. The molecule has 2 rings (SSSR count). The fourth-order valence-electron chi connectivity index (χ4n) is 2.08. The molecule has 0 amide bonds. The number of hydrogen-bond acceptors (Lipinski definition) is 2. The fraction of sp³-hybridized carbons (Fsp3) is 0.538. The molecule has 0 aliphatic carbocycles. The lowest BCUT2D eigenvalue weighted by Gasteiger charge is -2.42. The van der Waals surface area contributed by atoms with Gasteiger partial charge in [0, 0.05) is 6.04 Å². The van der Waals surface area contributed by atoms with Crippen LogP contribution in [0.5, 0.6) is 0 Å². The first-order chi connectivity index (χ1) is 7.12. The van der Waals surface area contributed by atoms with Crippen molar-refractivity contribution < 1.29 is 4.74 Å². The van der Waals surface area contributed by atoms with E-state index in [2.05, 4.69) is 50.4 Å². The van der Waals surface area contributed by atoms with Gasteiger partial charge >= 0.3 is 0 Å². The molecule has 0 spiro atoms. The minimum absolute atomic E-state index is 0.0484. The van der Waals surface area contributed by atoms with Crippen molar-refractivity contribution in [2.24, 2.45) is 0 Å². The number of morpholine rings is 1. The predicted octanol–water partition coefficient (Wildman–Crippen LogP) is 2.30. The Bertz CT molecular complexity index is 325. The summed E-state index contributed by atoms with van der Waals surface area (Å²) in [5, 5.41) is 3.63. The van der Waals surface area contributed by atoms with Crippen molar-refractivity contribution in [2.45, 2.75) is 38.5 Å². The molecule has 1 aliphatic heterocycles. The molecule has 3 atom stereocenters. The number of rotatable bonds is 1. The van der Waals surface area contributed by atoms with Crippen LogP contribution in [0.1, 0.15) is 26.3 Å². The summed E-state index contributed by atoms with van der Waals surface area (Å²) in [6.45, 7) is 7.22. The molecule has 82 valence electrons. The largest absolute Gasteiger partial charge is 0.375 e. The van der Waals surface area contributed by atoms with E-state index in [1.54, 1.807) is 0 Å². The standard InChI is InChI=1S/C13H19NO/c1-10-11(2)15-9-13(3,14-10)12-7-5-4-6-8-12/h4-8,10-11,14H,9H2,1-3H3. The van der Waals surface area contributed by atoms with Crippen LogP contribution in [0.4, 0.5) is 0 Å². The molecule has 3 unspecified atom stereocenters. The molecule has 1 fully saturated rings. The third-order valence-corrected chi connectivity index (χ3v) is 3.30. The maximum atomic E-state index is 5.80. The van der Waals surface area contributed by atoms with Crippen molar-refractivity contribution in [1.29, 1.82) is 0 Å². The molecule has 1 aliphatic rings. The topological polar surface area (TPSA) is 21.3 Å². The summed E-state index contributed by atoms with van der Waals surface area (Å²) in [5.74, 6) is 0. The fourth-order valence-corrected chi connectivity index (χ4v) is 2.08. The molecule has 0 bridgehead atoms. The van der Waals surface area contributed by atoms with Crippen molar-refractivity contribution in [2.75, 3.05) is 6.61 Å². The summed E-state index contributed by atoms with van der Waals surface area (Å²) < 4.78 is 5.80. The molecule has 1 N–H and O–H groups in total. The van der Waals surface area contributed by atoms with Gasteiger partial charge in [0.1, 0.15) is 0 Å². The van der Waals surface area contributed by atoms with E-state index < -0.39 is 0 Å². The van der Waals surface area contributed by atoms with Gasteiger partial charge in [0.25, 0.3) is 0 Å². The van der Waals surface area contributed by atoms with Crippen molar-refractivity contribution in [3.63, 3.8) is 0 Å². The molecule has 1 heterocycles. The quantitative estimate of drug-likeness (QED) is 0.759. The normalized spacial score (nSPS) is 36.5. The Kier molecular flexibility index (Phi) is 2.81. The number of ether oxygens (including phenoxy) is 1. The Morgan fingerprint density at radius 2 is 1.93 bits per heavy atom. The molecular formula is C13H19NO. The van der Waals surface area contributed by atoms with Gasteiger partial charge in [0.05, 0.1) is 18.2 Å². The van der Waals surface area contributed by atoms with Gasteiger partial charge in [-0.2, -0.15) is 0 Å². The van der Waals surface area contributed by atoms with Crippen molar-refractivity contribution >= 4 is 0 Å². The smallest absolute Gasteiger partial charge is 0.0698 e. The van der Waals surface area contributed by atoms with Gasteiger partial charge < -0.3 is 10.1 Å². The second-order valence-corrected chi connectivity index (χ2v) is 4.65. The lowest BCUT2D eigenvalue weighted by molar-refractivity contribution is -0.0456. The van der Waals surface area contributed by atoms with Crippen LogP contribution in [0.25, 0.3) is 0 Å². The van der Waals surface area contributed by atoms with E-state index in [9.17, 15) is 0 Å². The highest BCUT2D eigenvalue weighted by molar-refractivity contribution is 5.24. The van der Waals surface area contributed by atoms with Gasteiger partial charge in [-0.15, -0.1) is 0 Å². The summed E-state index contributed by atoms with van der Waals surface area (Å²) in [7, 11) is 0. The van der Waals surface area contributed by atoms with Crippen LogP contribution in [-0.4, -0.2) is 18.8 Å². The van der Waals surface area contributed by atoms with Gasteiger partial charge in [0.2, 0.25) is 0 Å². The molecule has 1 aromatic carbocycles. The molecule has 0 radical (unpaired) electrons. The van der Waals surface area contributed by atoms with Crippen LogP contribution < -0.4 is 5.32 Å². The summed E-state index contributed by atoms with van der Waals surface area (Å²) in [5.41, 5.74) is 1.25. The van der Waals surface area contributed by atoms with E-state index in [4.69, 9.17) is 4.74 Å². The van der Waals surface area contributed by atoms with Gasteiger partial charge in [-0.3, -0.25) is 0 Å². The zero-order chi connectivity index (χ0) is 10.9. The van der Waals surface area contributed by atoms with Crippen molar-refractivity contribution in [3.8, 4) is 0 Å². The number of nitrogens with one attached hydrogen (secondary N) is 1. The predicted molar refractivity (Wildman–Crippen MR) is 61.8 cm³/mol. The summed E-state index contributed by atoms with van der Waals surface area (Å²) >= 11 is 0. The van der Waals surface area contributed by atoms with Crippen LogP contribution in [-0.2, 0) is 10.3 Å². The molecule has 0 aromatic heterocycles. The van der Waals surface area contributed by atoms with Gasteiger partial charge in [-0.25, -0.2) is 0 Å². The highest BCUT2D eigenvalue weighted by Crippen LogP contribution is 2.26. The van der Waals surface area contributed by atoms with Crippen LogP contribution in [0, 0.1) is 0 Å². The average Bonchev–Trinajstić information content (AvgIpc) is 2.26. The molecular weight excluding hydrogens is 186 g/mol. The average molecular weight is 205 g/mol. The lowest BCUT2D eigenvalue weighted by atomic mass is 9.90. The lowest BCUT2D eigenvalue weighted by Crippen LogP contribution is -2.57. The van der Waals surface area contributed by atoms with E-state index in [-0.39, 0.29) is 5.54 Å². The Hall–Kier alpha value is -0.860. The maximum Gasteiger partial charge on any atom is 0.0698 e. The van der Waals surface area contributed by atoms with E-state index >= 15 is 0 Å². The van der Waals surface area contributed by atoms with Gasteiger partial charge in [-0.1, -0.05) is 30.3 Å². The summed E-state index contributed by atoms with van der Waals surface area (Å²) in [6, 6.07) is 10.9. The van der Waals surface area contributed by atoms with Crippen LogP contribution in [0.2, 0.25) is 0 Å². The minimum Gasteiger partial charge on any atom is -0.375 e. The number of benzene rings is 1. The number of hydrogen-bond donors (Lipinski definition) is 1. The third kappa shape index (κ3) is 2.06. The van der Waals surface area contributed by atoms with E-state index in [1.165, 1.54) is 5.56 Å². The minimum atomic E-state index is -0.0484. The zero-order valence-corrected chi connectivity index (χ0v) is 9.66. The highest BCUT2D eigenvalue weighted by Gasteiger charge is 2.35. The monoisotopic (exact) mass is 205 g/mol. The van der Waals surface area contributed by atoms with Crippen molar-refractivity contribution in [1.82, 2.24) is 5.32 Å². The first-order valence-electron chi connectivity index (χ1n) is 5.57. The van der Waals surface area contributed by atoms with Crippen LogP contribution >= 0.6 is 0 Å². The van der Waals surface area contributed by atoms with E-state index in [1.807, 2.05) is 6.07 Å². The van der Waals surface area contributed by atoms with Gasteiger partial charge in [0.15, 0.2) is 0 Å².